The number of rotatable bonds is 4. The molecular formula is C13H16OS. The summed E-state index contributed by atoms with van der Waals surface area (Å²) in [6.45, 7) is 2.10. The summed E-state index contributed by atoms with van der Waals surface area (Å²) in [6.07, 6.45) is 2.52. The summed E-state index contributed by atoms with van der Waals surface area (Å²) in [4.78, 5) is 0. The summed E-state index contributed by atoms with van der Waals surface area (Å²) >= 11 is 1.76. The predicted molar refractivity (Wildman–Crippen MR) is 66.4 cm³/mol. The second kappa shape index (κ2) is 4.77. The first-order valence-electron chi connectivity index (χ1n) is 5.44. The van der Waals surface area contributed by atoms with Gasteiger partial charge in [-0.05, 0) is 41.3 Å². The summed E-state index contributed by atoms with van der Waals surface area (Å²) in [6, 6.07) is 8.59. The molecule has 1 heterocycles. The van der Waals surface area contributed by atoms with Crippen molar-refractivity contribution in [2.24, 2.45) is 0 Å². The van der Waals surface area contributed by atoms with Crippen LogP contribution in [0.3, 0.4) is 0 Å². The van der Waals surface area contributed by atoms with Gasteiger partial charge in [-0.3, -0.25) is 0 Å². The zero-order valence-electron chi connectivity index (χ0n) is 8.94. The fourth-order valence-electron chi connectivity index (χ4n) is 1.85. The Balaban J connectivity index is 2.14. The molecule has 1 aromatic carbocycles. The summed E-state index contributed by atoms with van der Waals surface area (Å²) < 4.78 is 1.32. The first kappa shape index (κ1) is 10.7. The summed E-state index contributed by atoms with van der Waals surface area (Å²) in [5.41, 5.74) is 1.24. The molecule has 0 saturated heterocycles. The molecule has 2 heteroatoms. The molecule has 0 aliphatic carbocycles. The van der Waals surface area contributed by atoms with Crippen LogP contribution in [0.15, 0.2) is 29.6 Å². The van der Waals surface area contributed by atoms with E-state index in [2.05, 4.69) is 36.6 Å². The highest BCUT2D eigenvalue weighted by Crippen LogP contribution is 2.22. The third-order valence-corrected chi connectivity index (χ3v) is 3.51. The highest BCUT2D eigenvalue weighted by Gasteiger charge is 2.05. The molecule has 0 spiro atoms. The third-order valence-electron chi connectivity index (χ3n) is 2.61. The minimum Gasteiger partial charge on any atom is -0.393 e. The van der Waals surface area contributed by atoms with E-state index in [-0.39, 0.29) is 6.10 Å². The van der Waals surface area contributed by atoms with Crippen LogP contribution in [0.2, 0.25) is 0 Å². The molecule has 0 fully saturated rings. The van der Waals surface area contributed by atoms with Gasteiger partial charge in [0.2, 0.25) is 0 Å². The van der Waals surface area contributed by atoms with Crippen molar-refractivity contribution in [1.82, 2.24) is 0 Å². The lowest BCUT2D eigenvalue weighted by atomic mass is 10.0. The van der Waals surface area contributed by atoms with Crippen molar-refractivity contribution in [3.63, 3.8) is 0 Å². The van der Waals surface area contributed by atoms with Gasteiger partial charge in [0, 0.05) is 4.70 Å². The molecule has 1 nitrogen and oxygen atoms in total. The molecule has 80 valence electrons. The monoisotopic (exact) mass is 220 g/mol. The predicted octanol–water partition coefficient (Wildman–Crippen LogP) is 3.60. The number of hydrogen-bond donors (Lipinski definition) is 1. The van der Waals surface area contributed by atoms with Gasteiger partial charge < -0.3 is 5.11 Å². The molecule has 0 radical (unpaired) electrons. The number of aliphatic hydroxyl groups excluding tert-OH is 1. The van der Waals surface area contributed by atoms with Gasteiger partial charge in [-0.15, -0.1) is 11.3 Å². The molecule has 0 aliphatic rings. The molecule has 2 aromatic rings. The Kier molecular flexibility index (Phi) is 3.39. The number of benzene rings is 1. The highest BCUT2D eigenvalue weighted by molar-refractivity contribution is 7.17. The first-order valence-corrected chi connectivity index (χ1v) is 6.31. The Morgan fingerprint density at radius 3 is 3.00 bits per heavy atom. The molecule has 0 bridgehead atoms. The van der Waals surface area contributed by atoms with Gasteiger partial charge in [-0.25, -0.2) is 0 Å². The molecule has 1 unspecified atom stereocenters. The smallest absolute Gasteiger partial charge is 0.0580 e. The third kappa shape index (κ3) is 2.58. The van der Waals surface area contributed by atoms with E-state index >= 15 is 0 Å². The maximum absolute atomic E-state index is 9.73. The van der Waals surface area contributed by atoms with Crippen LogP contribution in [0, 0.1) is 0 Å². The second-order valence-electron chi connectivity index (χ2n) is 3.94. The topological polar surface area (TPSA) is 20.2 Å². The van der Waals surface area contributed by atoms with Crippen LogP contribution in [-0.4, -0.2) is 11.2 Å². The van der Waals surface area contributed by atoms with Crippen molar-refractivity contribution in [2.75, 3.05) is 0 Å². The quantitative estimate of drug-likeness (QED) is 0.834. The molecule has 1 N–H and O–H groups in total. The van der Waals surface area contributed by atoms with Crippen molar-refractivity contribution in [3.8, 4) is 0 Å². The van der Waals surface area contributed by atoms with E-state index < -0.39 is 0 Å². The summed E-state index contributed by atoms with van der Waals surface area (Å²) in [7, 11) is 0. The highest BCUT2D eigenvalue weighted by atomic mass is 32.1. The van der Waals surface area contributed by atoms with Crippen molar-refractivity contribution in [1.29, 1.82) is 0 Å². The maximum Gasteiger partial charge on any atom is 0.0580 e. The number of aliphatic hydroxyl groups is 1. The Labute approximate surface area is 94.4 Å². The standard InChI is InChI=1S/C13H16OS/c1-2-3-12(14)9-10-4-5-13-11(8-10)6-7-15-13/h4-8,12,14H,2-3,9H2,1H3. The normalized spacial score (nSPS) is 13.2. The van der Waals surface area contributed by atoms with Crippen molar-refractivity contribution < 1.29 is 5.11 Å². The molecule has 1 atom stereocenters. The fraction of sp³-hybridized carbons (Fsp3) is 0.385. The zero-order valence-corrected chi connectivity index (χ0v) is 9.76. The lowest BCUT2D eigenvalue weighted by molar-refractivity contribution is 0.164. The van der Waals surface area contributed by atoms with Crippen LogP contribution in [-0.2, 0) is 6.42 Å². The summed E-state index contributed by atoms with van der Waals surface area (Å²) in [5.74, 6) is 0. The number of thiophene rings is 1. The van der Waals surface area contributed by atoms with E-state index in [0.717, 1.165) is 19.3 Å². The molecular weight excluding hydrogens is 204 g/mol. The van der Waals surface area contributed by atoms with E-state index in [4.69, 9.17) is 0 Å². The largest absolute Gasteiger partial charge is 0.393 e. The first-order chi connectivity index (χ1) is 7.29. The minimum atomic E-state index is -0.189. The fourth-order valence-corrected chi connectivity index (χ4v) is 2.62. The van der Waals surface area contributed by atoms with E-state index in [1.807, 2.05) is 0 Å². The molecule has 2 rings (SSSR count). The Morgan fingerprint density at radius 2 is 2.20 bits per heavy atom. The average Bonchev–Trinajstić information content (AvgIpc) is 2.65. The van der Waals surface area contributed by atoms with Gasteiger partial charge in [0.05, 0.1) is 6.10 Å². The van der Waals surface area contributed by atoms with Crippen LogP contribution in [0.4, 0.5) is 0 Å². The molecule has 0 aliphatic heterocycles. The van der Waals surface area contributed by atoms with E-state index in [9.17, 15) is 5.11 Å². The number of hydrogen-bond acceptors (Lipinski definition) is 2. The van der Waals surface area contributed by atoms with Crippen LogP contribution >= 0.6 is 11.3 Å². The van der Waals surface area contributed by atoms with Crippen LogP contribution in [0.1, 0.15) is 25.3 Å². The van der Waals surface area contributed by atoms with Gasteiger partial charge >= 0.3 is 0 Å². The summed E-state index contributed by atoms with van der Waals surface area (Å²) in [5, 5.41) is 13.1. The van der Waals surface area contributed by atoms with Gasteiger partial charge in [-0.2, -0.15) is 0 Å². The maximum atomic E-state index is 9.73. The Bertz CT molecular complexity index is 433. The molecule has 0 saturated carbocycles. The number of fused-ring (bicyclic) bond motifs is 1. The Hall–Kier alpha value is -0.860. The van der Waals surface area contributed by atoms with E-state index in [0.29, 0.717) is 0 Å². The minimum absolute atomic E-state index is 0.189. The van der Waals surface area contributed by atoms with Gasteiger partial charge in [-0.1, -0.05) is 25.5 Å². The Morgan fingerprint density at radius 1 is 1.33 bits per heavy atom. The average molecular weight is 220 g/mol. The molecule has 0 amide bonds. The van der Waals surface area contributed by atoms with Crippen molar-refractivity contribution in [3.05, 3.63) is 35.2 Å². The second-order valence-corrected chi connectivity index (χ2v) is 4.89. The van der Waals surface area contributed by atoms with E-state index in [1.165, 1.54) is 15.6 Å². The van der Waals surface area contributed by atoms with Gasteiger partial charge in [0.1, 0.15) is 0 Å². The lowest BCUT2D eigenvalue weighted by Gasteiger charge is -2.08. The van der Waals surface area contributed by atoms with E-state index in [1.54, 1.807) is 11.3 Å². The van der Waals surface area contributed by atoms with Crippen LogP contribution in [0.25, 0.3) is 10.1 Å². The van der Waals surface area contributed by atoms with Crippen LogP contribution in [0.5, 0.6) is 0 Å². The van der Waals surface area contributed by atoms with Gasteiger partial charge in [0.15, 0.2) is 0 Å². The van der Waals surface area contributed by atoms with Gasteiger partial charge in [0.25, 0.3) is 0 Å². The van der Waals surface area contributed by atoms with Crippen LogP contribution < -0.4 is 0 Å². The molecule has 15 heavy (non-hydrogen) atoms. The lowest BCUT2D eigenvalue weighted by Crippen LogP contribution is -2.09. The van der Waals surface area contributed by atoms with Crippen molar-refractivity contribution >= 4 is 21.4 Å². The molecule has 1 aromatic heterocycles. The zero-order chi connectivity index (χ0) is 10.7. The SMILES string of the molecule is CCCC(O)Cc1ccc2sccc2c1. The van der Waals surface area contributed by atoms with Crippen molar-refractivity contribution in [2.45, 2.75) is 32.3 Å².